The number of rotatable bonds is 1. The number of ether oxygens (including phenoxy) is 1. The summed E-state index contributed by atoms with van der Waals surface area (Å²) >= 11 is 1.48. The fourth-order valence-corrected chi connectivity index (χ4v) is 2.53. The second-order valence-corrected chi connectivity index (χ2v) is 4.00. The number of fused-ring (bicyclic) bond motifs is 3. The maximum absolute atomic E-state index is 5.37. The van der Waals surface area contributed by atoms with Crippen LogP contribution in [0.25, 0.3) is 21.7 Å². The molecule has 0 fully saturated rings. The predicted octanol–water partition coefficient (Wildman–Crippen LogP) is 3.46. The molecule has 0 aliphatic carbocycles. The van der Waals surface area contributed by atoms with Crippen molar-refractivity contribution in [1.29, 1.82) is 0 Å². The van der Waals surface area contributed by atoms with Crippen LogP contribution < -0.4 is 4.74 Å². The third-order valence-electron chi connectivity index (χ3n) is 2.57. The third-order valence-corrected chi connectivity index (χ3v) is 3.21. The van der Waals surface area contributed by atoms with Crippen molar-refractivity contribution in [3.05, 3.63) is 35.7 Å². The van der Waals surface area contributed by atoms with Crippen molar-refractivity contribution < 1.29 is 4.74 Å². The van der Waals surface area contributed by atoms with Crippen LogP contribution in [0.4, 0.5) is 0 Å². The molecule has 0 atom stereocenters. The van der Waals surface area contributed by atoms with Crippen molar-refractivity contribution in [1.82, 2.24) is 4.37 Å². The van der Waals surface area contributed by atoms with Crippen LogP contribution in [0.3, 0.4) is 0 Å². The van der Waals surface area contributed by atoms with Gasteiger partial charge in [-0.2, -0.15) is 4.37 Å². The van der Waals surface area contributed by atoms with E-state index in [-0.39, 0.29) is 0 Å². The van der Waals surface area contributed by atoms with Crippen molar-refractivity contribution in [2.75, 3.05) is 7.11 Å². The molecule has 15 heavy (non-hydrogen) atoms. The number of hydrogen-bond donors (Lipinski definition) is 0. The topological polar surface area (TPSA) is 22.1 Å². The molecule has 0 radical (unpaired) electrons. The van der Waals surface area contributed by atoms with E-state index >= 15 is 0 Å². The van der Waals surface area contributed by atoms with Gasteiger partial charge in [-0.15, -0.1) is 0 Å². The fourth-order valence-electron chi connectivity index (χ4n) is 1.85. The highest BCUT2D eigenvalue weighted by Gasteiger charge is 2.07. The van der Waals surface area contributed by atoms with E-state index in [4.69, 9.17) is 4.74 Å². The Morgan fingerprint density at radius 3 is 2.73 bits per heavy atom. The molecule has 0 unspecified atom stereocenters. The first-order valence-corrected chi connectivity index (χ1v) is 5.53. The highest BCUT2D eigenvalue weighted by Crippen LogP contribution is 2.33. The van der Waals surface area contributed by atoms with Crippen molar-refractivity contribution in [3.8, 4) is 5.75 Å². The van der Waals surface area contributed by atoms with Gasteiger partial charge in [-0.3, -0.25) is 0 Å². The lowest BCUT2D eigenvalue weighted by atomic mass is 10.1. The Morgan fingerprint density at radius 2 is 1.93 bits per heavy atom. The smallest absolute Gasteiger partial charge is 0.128 e. The van der Waals surface area contributed by atoms with E-state index < -0.39 is 0 Å². The van der Waals surface area contributed by atoms with E-state index in [9.17, 15) is 0 Å². The lowest BCUT2D eigenvalue weighted by Gasteiger charge is -2.05. The first-order chi connectivity index (χ1) is 7.40. The molecule has 0 N–H and O–H groups in total. The Kier molecular flexibility index (Phi) is 1.86. The van der Waals surface area contributed by atoms with Gasteiger partial charge in [-0.1, -0.05) is 24.3 Å². The van der Waals surface area contributed by atoms with Crippen LogP contribution in [0.15, 0.2) is 35.7 Å². The van der Waals surface area contributed by atoms with Crippen molar-refractivity contribution >= 4 is 33.2 Å². The molecule has 0 bridgehead atoms. The summed E-state index contributed by atoms with van der Waals surface area (Å²) in [4.78, 5) is 0. The number of aromatic nitrogens is 1. The highest BCUT2D eigenvalue weighted by atomic mass is 32.1. The largest absolute Gasteiger partial charge is 0.496 e. The lowest BCUT2D eigenvalue weighted by molar-refractivity contribution is 0.420. The van der Waals surface area contributed by atoms with Gasteiger partial charge < -0.3 is 4.74 Å². The first kappa shape index (κ1) is 8.68. The monoisotopic (exact) mass is 215 g/mol. The maximum atomic E-state index is 5.37. The minimum absolute atomic E-state index is 0.893. The maximum Gasteiger partial charge on any atom is 0.128 e. The Balaban J connectivity index is 2.58. The minimum Gasteiger partial charge on any atom is -0.496 e. The molecular formula is C12H9NOS. The Labute approximate surface area is 91.3 Å². The summed E-state index contributed by atoms with van der Waals surface area (Å²) in [6, 6.07) is 10.2. The molecule has 2 nitrogen and oxygen atoms in total. The first-order valence-electron chi connectivity index (χ1n) is 4.70. The molecule has 1 aromatic heterocycles. The van der Waals surface area contributed by atoms with Crippen LogP contribution in [0.1, 0.15) is 0 Å². The molecule has 0 saturated carbocycles. The number of benzene rings is 2. The van der Waals surface area contributed by atoms with Gasteiger partial charge in [0.05, 0.1) is 12.6 Å². The van der Waals surface area contributed by atoms with E-state index in [1.54, 1.807) is 7.11 Å². The summed E-state index contributed by atoms with van der Waals surface area (Å²) in [7, 11) is 1.69. The SMILES string of the molecule is COc1cc2nscc2c2ccccc12. The van der Waals surface area contributed by atoms with Gasteiger partial charge in [0.25, 0.3) is 0 Å². The second-order valence-electron chi connectivity index (χ2n) is 3.37. The van der Waals surface area contributed by atoms with Crippen LogP contribution in [-0.4, -0.2) is 11.5 Å². The average Bonchev–Trinajstić information content (AvgIpc) is 2.76. The molecule has 0 aliphatic rings. The van der Waals surface area contributed by atoms with Gasteiger partial charge in [-0.05, 0) is 16.9 Å². The quantitative estimate of drug-likeness (QED) is 0.620. The molecule has 0 spiro atoms. The number of hydrogen-bond acceptors (Lipinski definition) is 3. The van der Waals surface area contributed by atoms with E-state index in [0.29, 0.717) is 0 Å². The summed E-state index contributed by atoms with van der Waals surface area (Å²) in [5.41, 5.74) is 1.01. The molecule has 3 rings (SSSR count). The van der Waals surface area contributed by atoms with E-state index in [1.807, 2.05) is 18.2 Å². The Hall–Kier alpha value is -1.61. The van der Waals surface area contributed by atoms with E-state index in [1.165, 1.54) is 22.3 Å². The van der Waals surface area contributed by atoms with Gasteiger partial charge >= 0.3 is 0 Å². The second kappa shape index (κ2) is 3.21. The van der Waals surface area contributed by atoms with Crippen LogP contribution in [-0.2, 0) is 0 Å². The summed E-state index contributed by atoms with van der Waals surface area (Å²) in [6.45, 7) is 0. The minimum atomic E-state index is 0.893. The van der Waals surface area contributed by atoms with Crippen molar-refractivity contribution in [3.63, 3.8) is 0 Å². The molecule has 3 aromatic rings. The van der Waals surface area contributed by atoms with Gasteiger partial charge in [-0.25, -0.2) is 0 Å². The standard InChI is InChI=1S/C12H9NOS/c1-14-12-6-11-10(7-15-13-11)8-4-2-3-5-9(8)12/h2-7H,1H3. The molecule has 1 heterocycles. The van der Waals surface area contributed by atoms with E-state index in [2.05, 4.69) is 21.9 Å². The normalized spacial score (nSPS) is 11.0. The van der Waals surface area contributed by atoms with Crippen LogP contribution in [0.2, 0.25) is 0 Å². The summed E-state index contributed by atoms with van der Waals surface area (Å²) in [5, 5.41) is 5.64. The van der Waals surface area contributed by atoms with Crippen molar-refractivity contribution in [2.24, 2.45) is 0 Å². The third kappa shape index (κ3) is 1.20. The average molecular weight is 215 g/mol. The Morgan fingerprint density at radius 1 is 1.13 bits per heavy atom. The van der Waals surface area contributed by atoms with Gasteiger partial charge in [0, 0.05) is 22.2 Å². The fraction of sp³-hybridized carbons (Fsp3) is 0.0833. The molecule has 74 valence electrons. The molecule has 0 aliphatic heterocycles. The Bertz CT molecular complexity index is 630. The van der Waals surface area contributed by atoms with Gasteiger partial charge in [0.2, 0.25) is 0 Å². The zero-order valence-corrected chi connectivity index (χ0v) is 9.04. The molecule has 0 saturated heterocycles. The number of methoxy groups -OCH3 is 1. The zero-order valence-electron chi connectivity index (χ0n) is 8.23. The van der Waals surface area contributed by atoms with Crippen molar-refractivity contribution in [2.45, 2.75) is 0 Å². The van der Waals surface area contributed by atoms with Crippen LogP contribution in [0.5, 0.6) is 5.75 Å². The molecule has 2 aromatic carbocycles. The summed E-state index contributed by atoms with van der Waals surface area (Å²) in [6.07, 6.45) is 0. The highest BCUT2D eigenvalue weighted by molar-refractivity contribution is 7.05. The van der Waals surface area contributed by atoms with E-state index in [0.717, 1.165) is 16.7 Å². The predicted molar refractivity (Wildman–Crippen MR) is 63.7 cm³/mol. The molecular weight excluding hydrogens is 206 g/mol. The van der Waals surface area contributed by atoms with Gasteiger partial charge in [0.1, 0.15) is 5.75 Å². The number of nitrogens with zero attached hydrogens (tertiary/aromatic N) is 1. The molecule has 3 heteroatoms. The lowest BCUT2D eigenvalue weighted by Crippen LogP contribution is -1.85. The van der Waals surface area contributed by atoms with Crippen LogP contribution in [0, 0.1) is 0 Å². The molecule has 0 amide bonds. The summed E-state index contributed by atoms with van der Waals surface area (Å²) in [5.74, 6) is 0.893. The van der Waals surface area contributed by atoms with Gasteiger partial charge in [0.15, 0.2) is 0 Å². The summed E-state index contributed by atoms with van der Waals surface area (Å²) < 4.78 is 9.71. The zero-order chi connectivity index (χ0) is 10.3. The van der Waals surface area contributed by atoms with Crippen LogP contribution >= 0.6 is 11.5 Å².